The fourth-order valence-electron chi connectivity index (χ4n) is 3.77. The van der Waals surface area contributed by atoms with Crippen LogP contribution in [0.3, 0.4) is 0 Å². The molecule has 0 saturated carbocycles. The maximum atomic E-state index is 12.4. The van der Waals surface area contributed by atoms with Gasteiger partial charge in [0.1, 0.15) is 18.3 Å². The number of carbonyl (C=O) groups excluding carboxylic acids is 2. The van der Waals surface area contributed by atoms with Crippen molar-refractivity contribution in [2.45, 2.75) is 13.5 Å². The van der Waals surface area contributed by atoms with E-state index in [4.69, 9.17) is 14.2 Å². The molecule has 0 heterocycles. The summed E-state index contributed by atoms with van der Waals surface area (Å²) in [5.41, 5.74) is 4.74. The minimum Gasteiger partial charge on any atom is -0.497 e. The van der Waals surface area contributed by atoms with Crippen LogP contribution in [0.5, 0.6) is 17.2 Å². The number of anilines is 1. The lowest BCUT2D eigenvalue weighted by molar-refractivity contribution is -0.131. The molecule has 2 amide bonds. The van der Waals surface area contributed by atoms with Gasteiger partial charge in [0.15, 0.2) is 11.5 Å². The summed E-state index contributed by atoms with van der Waals surface area (Å²) < 4.78 is 16.6. The first-order chi connectivity index (χ1) is 18.5. The zero-order chi connectivity index (χ0) is 26.9. The van der Waals surface area contributed by atoms with Gasteiger partial charge in [-0.2, -0.15) is 5.10 Å². The van der Waals surface area contributed by atoms with Gasteiger partial charge in [-0.05, 0) is 71.3 Å². The molecule has 1 atom stereocenters. The molecule has 0 radical (unpaired) electrons. The summed E-state index contributed by atoms with van der Waals surface area (Å²) >= 11 is 0. The molecule has 1 unspecified atom stereocenters. The van der Waals surface area contributed by atoms with E-state index in [1.54, 1.807) is 56.7 Å². The maximum Gasteiger partial charge on any atom is 0.252 e. The number of carbonyl (C=O) groups is 2. The Kier molecular flexibility index (Phi) is 8.56. The molecule has 0 aliphatic carbocycles. The summed E-state index contributed by atoms with van der Waals surface area (Å²) in [6.45, 7) is 1.90. The van der Waals surface area contributed by atoms with Crippen LogP contribution in [0, 0.1) is 5.92 Å². The monoisotopic (exact) mass is 511 g/mol. The number of fused-ring (bicyclic) bond motifs is 1. The lowest BCUT2D eigenvalue weighted by Gasteiger charge is -2.13. The number of rotatable bonds is 10. The van der Waals surface area contributed by atoms with Crippen molar-refractivity contribution in [2.75, 3.05) is 19.5 Å². The average molecular weight is 512 g/mol. The van der Waals surface area contributed by atoms with Crippen molar-refractivity contribution < 1.29 is 23.8 Å². The Bertz CT molecular complexity index is 1450. The Hall–Kier alpha value is -4.85. The van der Waals surface area contributed by atoms with E-state index in [1.807, 2.05) is 24.3 Å². The van der Waals surface area contributed by atoms with Crippen LogP contribution in [-0.2, 0) is 16.2 Å². The van der Waals surface area contributed by atoms with Crippen LogP contribution in [0.15, 0.2) is 90.0 Å². The SMILES string of the molecule is COc1ccc(NC(=O)C(C)C(=O)NN=Cc2ccc(OCc3cccc4ccccc34)c(OC)c2)cc1. The van der Waals surface area contributed by atoms with Crippen molar-refractivity contribution in [1.82, 2.24) is 5.43 Å². The quantitative estimate of drug-likeness (QED) is 0.174. The van der Waals surface area contributed by atoms with Crippen LogP contribution in [0.1, 0.15) is 18.1 Å². The Morgan fingerprint density at radius 2 is 1.63 bits per heavy atom. The van der Waals surface area contributed by atoms with Crippen LogP contribution in [0.25, 0.3) is 10.8 Å². The number of nitrogens with zero attached hydrogens (tertiary/aromatic N) is 1. The van der Waals surface area contributed by atoms with E-state index in [9.17, 15) is 9.59 Å². The van der Waals surface area contributed by atoms with Gasteiger partial charge >= 0.3 is 0 Å². The standard InChI is InChI=1S/C30H29N3O5/c1-20(29(34)32-24-12-14-25(36-2)15-13-24)30(35)33-31-18-21-11-16-27(28(17-21)37-3)38-19-23-9-6-8-22-7-4-5-10-26(22)23/h4-18,20H,19H2,1-3H3,(H,32,34)(H,33,35). The van der Waals surface area contributed by atoms with Gasteiger partial charge in [0.25, 0.3) is 5.91 Å². The van der Waals surface area contributed by atoms with E-state index < -0.39 is 17.7 Å². The third-order valence-corrected chi connectivity index (χ3v) is 5.98. The fraction of sp³-hybridized carbons (Fsp3) is 0.167. The highest BCUT2D eigenvalue weighted by Gasteiger charge is 2.21. The number of hydrazone groups is 1. The first kappa shape index (κ1) is 26.2. The number of hydrogen-bond acceptors (Lipinski definition) is 6. The van der Waals surface area contributed by atoms with Crippen LogP contribution in [0.2, 0.25) is 0 Å². The van der Waals surface area contributed by atoms with Gasteiger partial charge in [0.2, 0.25) is 5.91 Å². The zero-order valence-corrected chi connectivity index (χ0v) is 21.4. The topological polar surface area (TPSA) is 98.2 Å². The Morgan fingerprint density at radius 1 is 0.868 bits per heavy atom. The average Bonchev–Trinajstić information content (AvgIpc) is 2.96. The lowest BCUT2D eigenvalue weighted by atomic mass is 10.1. The second-order valence-electron chi connectivity index (χ2n) is 8.51. The molecule has 4 aromatic carbocycles. The smallest absolute Gasteiger partial charge is 0.252 e. The molecular weight excluding hydrogens is 482 g/mol. The molecular formula is C30H29N3O5. The lowest BCUT2D eigenvalue weighted by Crippen LogP contribution is -2.34. The first-order valence-electron chi connectivity index (χ1n) is 12.0. The molecule has 0 aliphatic heterocycles. The molecule has 194 valence electrons. The molecule has 8 heteroatoms. The summed E-state index contributed by atoms with van der Waals surface area (Å²) in [6.07, 6.45) is 1.48. The highest BCUT2D eigenvalue weighted by atomic mass is 16.5. The van der Waals surface area contributed by atoms with E-state index in [0.29, 0.717) is 35.1 Å². The van der Waals surface area contributed by atoms with E-state index in [-0.39, 0.29) is 0 Å². The zero-order valence-electron chi connectivity index (χ0n) is 21.4. The van der Waals surface area contributed by atoms with Crippen molar-refractivity contribution in [3.63, 3.8) is 0 Å². The van der Waals surface area contributed by atoms with Gasteiger partial charge in [0.05, 0.1) is 20.4 Å². The van der Waals surface area contributed by atoms with Gasteiger partial charge in [0, 0.05) is 5.69 Å². The molecule has 0 spiro atoms. The molecule has 8 nitrogen and oxygen atoms in total. The summed E-state index contributed by atoms with van der Waals surface area (Å²) in [6, 6.07) is 26.5. The number of methoxy groups -OCH3 is 2. The van der Waals surface area contributed by atoms with Crippen LogP contribution in [-0.4, -0.2) is 32.2 Å². The van der Waals surface area contributed by atoms with Crippen molar-refractivity contribution in [3.8, 4) is 17.2 Å². The maximum absolute atomic E-state index is 12.4. The third kappa shape index (κ3) is 6.47. The molecule has 0 fully saturated rings. The van der Waals surface area contributed by atoms with E-state index in [1.165, 1.54) is 13.1 Å². The van der Waals surface area contributed by atoms with E-state index in [2.05, 4.69) is 34.0 Å². The number of nitrogens with one attached hydrogen (secondary N) is 2. The van der Waals surface area contributed by atoms with Crippen LogP contribution < -0.4 is 25.0 Å². The minimum absolute atomic E-state index is 0.387. The summed E-state index contributed by atoms with van der Waals surface area (Å²) in [7, 11) is 3.12. The predicted molar refractivity (Wildman–Crippen MR) is 148 cm³/mol. The van der Waals surface area contributed by atoms with Crippen molar-refractivity contribution in [1.29, 1.82) is 0 Å². The predicted octanol–water partition coefficient (Wildman–Crippen LogP) is 5.16. The number of hydrogen-bond donors (Lipinski definition) is 2. The summed E-state index contributed by atoms with van der Waals surface area (Å²) in [5.74, 6) is -0.137. The molecule has 0 aromatic heterocycles. The second-order valence-corrected chi connectivity index (χ2v) is 8.51. The molecule has 2 N–H and O–H groups in total. The van der Waals surface area contributed by atoms with Gasteiger partial charge in [-0.25, -0.2) is 5.43 Å². The van der Waals surface area contributed by atoms with Crippen LogP contribution in [0.4, 0.5) is 5.69 Å². The fourth-order valence-corrected chi connectivity index (χ4v) is 3.77. The molecule has 4 aromatic rings. The first-order valence-corrected chi connectivity index (χ1v) is 12.0. The molecule has 38 heavy (non-hydrogen) atoms. The van der Waals surface area contributed by atoms with Crippen molar-refractivity contribution in [2.24, 2.45) is 11.0 Å². The largest absolute Gasteiger partial charge is 0.497 e. The van der Waals surface area contributed by atoms with Gasteiger partial charge < -0.3 is 19.5 Å². The van der Waals surface area contributed by atoms with E-state index in [0.717, 1.165) is 16.3 Å². The van der Waals surface area contributed by atoms with E-state index >= 15 is 0 Å². The molecule has 0 bridgehead atoms. The number of amides is 2. The Labute approximate surface area is 221 Å². The van der Waals surface area contributed by atoms with Gasteiger partial charge in [-0.1, -0.05) is 42.5 Å². The van der Waals surface area contributed by atoms with Gasteiger partial charge in [-0.3, -0.25) is 9.59 Å². The highest BCUT2D eigenvalue weighted by Crippen LogP contribution is 2.29. The normalized spacial score (nSPS) is 11.7. The number of benzene rings is 4. The third-order valence-electron chi connectivity index (χ3n) is 5.98. The summed E-state index contributed by atoms with van der Waals surface area (Å²) in [5, 5.41) is 8.98. The van der Waals surface area contributed by atoms with Gasteiger partial charge in [-0.15, -0.1) is 0 Å². The van der Waals surface area contributed by atoms with Crippen molar-refractivity contribution >= 4 is 34.5 Å². The van der Waals surface area contributed by atoms with Crippen LogP contribution >= 0.6 is 0 Å². The minimum atomic E-state index is -0.950. The molecule has 0 saturated heterocycles. The molecule has 4 rings (SSSR count). The molecule has 0 aliphatic rings. The summed E-state index contributed by atoms with van der Waals surface area (Å²) in [4.78, 5) is 24.8. The number of ether oxygens (including phenoxy) is 3. The van der Waals surface area contributed by atoms with Crippen molar-refractivity contribution in [3.05, 3.63) is 96.1 Å². The highest BCUT2D eigenvalue weighted by molar-refractivity contribution is 6.06. The second kappa shape index (κ2) is 12.4. The Balaban J connectivity index is 1.33. The Morgan fingerprint density at radius 3 is 2.39 bits per heavy atom.